The van der Waals surface area contributed by atoms with E-state index in [0.717, 1.165) is 6.07 Å². The standard InChI is InChI=1S/C19H15F2N3O8/c1-28-13-5-4-11(7-12(13)24(26)27)18(25)30-9-16-22-17(23-32-16)10-3-6-14(31-19(20)21)15(8-10)29-2/h3-8,19H,9H2,1-2H3. The third-order valence-electron chi connectivity index (χ3n) is 4.04. The minimum Gasteiger partial charge on any atom is -0.493 e. The maximum atomic E-state index is 12.4. The molecule has 0 N–H and O–H groups in total. The molecule has 11 nitrogen and oxygen atoms in total. The van der Waals surface area contributed by atoms with Crippen molar-refractivity contribution in [3.63, 3.8) is 0 Å². The number of nitrogens with zero attached hydrogens (tertiary/aromatic N) is 3. The molecule has 0 bridgehead atoms. The summed E-state index contributed by atoms with van der Waals surface area (Å²) < 4.78 is 49.2. The van der Waals surface area contributed by atoms with Crippen LogP contribution in [0.3, 0.4) is 0 Å². The van der Waals surface area contributed by atoms with E-state index in [0.29, 0.717) is 5.56 Å². The monoisotopic (exact) mass is 451 g/mol. The highest BCUT2D eigenvalue weighted by molar-refractivity contribution is 5.90. The van der Waals surface area contributed by atoms with Gasteiger partial charge in [0.15, 0.2) is 23.9 Å². The molecule has 1 heterocycles. The van der Waals surface area contributed by atoms with Crippen molar-refractivity contribution < 1.29 is 42.0 Å². The summed E-state index contributed by atoms with van der Waals surface area (Å²) in [6.45, 7) is -3.43. The first-order chi connectivity index (χ1) is 15.3. The van der Waals surface area contributed by atoms with E-state index in [-0.39, 0.29) is 34.5 Å². The number of hydrogen-bond acceptors (Lipinski definition) is 10. The van der Waals surface area contributed by atoms with Gasteiger partial charge >= 0.3 is 18.3 Å². The Hall–Kier alpha value is -4.29. The lowest BCUT2D eigenvalue weighted by atomic mass is 10.2. The van der Waals surface area contributed by atoms with Crippen LogP contribution >= 0.6 is 0 Å². The lowest BCUT2D eigenvalue weighted by molar-refractivity contribution is -0.385. The van der Waals surface area contributed by atoms with E-state index in [2.05, 4.69) is 14.9 Å². The Balaban J connectivity index is 1.70. The highest BCUT2D eigenvalue weighted by atomic mass is 19.3. The summed E-state index contributed by atoms with van der Waals surface area (Å²) in [6.07, 6.45) is 0. The van der Waals surface area contributed by atoms with Gasteiger partial charge in [0.2, 0.25) is 5.82 Å². The summed E-state index contributed by atoms with van der Waals surface area (Å²) in [5, 5.41) is 14.8. The van der Waals surface area contributed by atoms with Gasteiger partial charge in [-0.1, -0.05) is 5.16 Å². The molecule has 0 atom stereocenters. The molecule has 3 rings (SSSR count). The third-order valence-corrected chi connectivity index (χ3v) is 4.04. The molecule has 32 heavy (non-hydrogen) atoms. The second-order valence-electron chi connectivity index (χ2n) is 5.98. The molecular weight excluding hydrogens is 436 g/mol. The molecule has 0 fully saturated rings. The number of carbonyl (C=O) groups excluding carboxylic acids is 1. The zero-order valence-corrected chi connectivity index (χ0v) is 16.6. The number of nitro groups is 1. The molecule has 0 saturated heterocycles. The fraction of sp³-hybridized carbons (Fsp3) is 0.211. The van der Waals surface area contributed by atoms with Gasteiger partial charge in [-0.15, -0.1) is 0 Å². The molecule has 0 unspecified atom stereocenters. The van der Waals surface area contributed by atoms with Crippen LogP contribution in [0, 0.1) is 10.1 Å². The Morgan fingerprint density at radius 1 is 1.12 bits per heavy atom. The maximum absolute atomic E-state index is 12.4. The molecule has 3 aromatic rings. The van der Waals surface area contributed by atoms with Gasteiger partial charge < -0.3 is 23.5 Å². The molecule has 168 valence electrons. The van der Waals surface area contributed by atoms with Gasteiger partial charge in [-0.25, -0.2) is 4.79 Å². The normalized spacial score (nSPS) is 10.7. The second-order valence-corrected chi connectivity index (χ2v) is 5.98. The highest BCUT2D eigenvalue weighted by Crippen LogP contribution is 2.32. The Morgan fingerprint density at radius 2 is 1.84 bits per heavy atom. The van der Waals surface area contributed by atoms with Gasteiger partial charge in [0.25, 0.3) is 5.89 Å². The van der Waals surface area contributed by atoms with E-state index in [4.69, 9.17) is 18.7 Å². The van der Waals surface area contributed by atoms with Crippen LogP contribution in [0.1, 0.15) is 16.2 Å². The van der Waals surface area contributed by atoms with Crippen molar-refractivity contribution in [1.29, 1.82) is 0 Å². The molecule has 13 heteroatoms. The van der Waals surface area contributed by atoms with Crippen molar-refractivity contribution in [3.8, 4) is 28.6 Å². The number of nitro benzene ring substituents is 1. The molecule has 0 amide bonds. The van der Waals surface area contributed by atoms with Crippen LogP contribution in [0.15, 0.2) is 40.9 Å². The number of rotatable bonds is 9. The highest BCUT2D eigenvalue weighted by Gasteiger charge is 2.20. The van der Waals surface area contributed by atoms with E-state index in [1.165, 1.54) is 44.6 Å². The summed E-state index contributed by atoms with van der Waals surface area (Å²) in [5.41, 5.74) is -0.0950. The number of halogens is 2. The first kappa shape index (κ1) is 22.4. The van der Waals surface area contributed by atoms with Crippen molar-refractivity contribution >= 4 is 11.7 Å². The van der Waals surface area contributed by atoms with Crippen LogP contribution in [0.25, 0.3) is 11.4 Å². The van der Waals surface area contributed by atoms with Crippen molar-refractivity contribution in [2.24, 2.45) is 0 Å². The molecule has 0 spiro atoms. The maximum Gasteiger partial charge on any atom is 0.387 e. The van der Waals surface area contributed by atoms with E-state index < -0.39 is 29.8 Å². The molecule has 2 aromatic carbocycles. The van der Waals surface area contributed by atoms with Gasteiger partial charge in [-0.3, -0.25) is 10.1 Å². The number of ether oxygens (including phenoxy) is 4. The molecule has 0 aliphatic heterocycles. The lowest BCUT2D eigenvalue weighted by Crippen LogP contribution is -2.06. The van der Waals surface area contributed by atoms with Gasteiger partial charge in [0, 0.05) is 11.6 Å². The average Bonchev–Trinajstić information content (AvgIpc) is 3.25. The van der Waals surface area contributed by atoms with E-state index in [9.17, 15) is 23.7 Å². The topological polar surface area (TPSA) is 136 Å². The predicted octanol–water partition coefficient (Wildman–Crippen LogP) is 3.62. The van der Waals surface area contributed by atoms with Gasteiger partial charge in [-0.2, -0.15) is 13.8 Å². The minimum atomic E-state index is -3.02. The summed E-state index contributed by atoms with van der Waals surface area (Å²) >= 11 is 0. The van der Waals surface area contributed by atoms with Crippen molar-refractivity contribution in [1.82, 2.24) is 10.1 Å². The number of carbonyl (C=O) groups is 1. The Bertz CT molecular complexity index is 1140. The van der Waals surface area contributed by atoms with Gasteiger partial charge in [0.1, 0.15) is 0 Å². The van der Waals surface area contributed by atoms with E-state index in [1.807, 2.05) is 0 Å². The van der Waals surface area contributed by atoms with Crippen LogP contribution < -0.4 is 14.2 Å². The SMILES string of the molecule is COc1cc(-c2noc(COC(=O)c3ccc(OC)c([N+](=O)[O-])c3)n2)ccc1OC(F)F. The summed E-state index contributed by atoms with van der Waals surface area (Å²) in [7, 11) is 2.55. The fourth-order valence-electron chi connectivity index (χ4n) is 2.60. The molecule has 1 aromatic heterocycles. The van der Waals surface area contributed by atoms with Crippen molar-refractivity contribution in [3.05, 3.63) is 58.0 Å². The first-order valence-electron chi connectivity index (χ1n) is 8.77. The van der Waals surface area contributed by atoms with Crippen LogP contribution in [-0.4, -0.2) is 41.9 Å². The zero-order chi connectivity index (χ0) is 23.3. The molecular formula is C19H15F2N3O8. The first-order valence-corrected chi connectivity index (χ1v) is 8.77. The Labute approximate surface area is 178 Å². The Morgan fingerprint density at radius 3 is 2.50 bits per heavy atom. The van der Waals surface area contributed by atoms with Crippen LogP contribution in [0.4, 0.5) is 14.5 Å². The van der Waals surface area contributed by atoms with Crippen molar-refractivity contribution in [2.75, 3.05) is 14.2 Å². The quantitative estimate of drug-likeness (QED) is 0.269. The molecule has 0 saturated carbocycles. The molecule has 0 radical (unpaired) electrons. The van der Waals surface area contributed by atoms with E-state index >= 15 is 0 Å². The van der Waals surface area contributed by atoms with Crippen LogP contribution in [0.2, 0.25) is 0 Å². The third kappa shape index (κ3) is 5.06. The zero-order valence-electron chi connectivity index (χ0n) is 16.6. The second kappa shape index (κ2) is 9.68. The number of esters is 1. The average molecular weight is 451 g/mol. The van der Waals surface area contributed by atoms with Crippen LogP contribution in [0.5, 0.6) is 17.2 Å². The summed E-state index contributed by atoms with van der Waals surface area (Å²) in [5.74, 6) is -0.986. The number of aromatic nitrogens is 2. The number of alkyl halides is 2. The van der Waals surface area contributed by atoms with Crippen LogP contribution in [-0.2, 0) is 11.3 Å². The van der Waals surface area contributed by atoms with E-state index in [1.54, 1.807) is 0 Å². The lowest BCUT2D eigenvalue weighted by Gasteiger charge is -2.10. The molecule has 0 aliphatic rings. The Kier molecular flexibility index (Phi) is 6.77. The number of benzene rings is 2. The fourth-order valence-corrected chi connectivity index (χ4v) is 2.60. The minimum absolute atomic E-state index is 0.00603. The summed E-state index contributed by atoms with van der Waals surface area (Å²) in [4.78, 5) is 26.7. The predicted molar refractivity (Wildman–Crippen MR) is 102 cm³/mol. The van der Waals surface area contributed by atoms with Gasteiger partial charge in [-0.05, 0) is 30.3 Å². The number of methoxy groups -OCH3 is 2. The van der Waals surface area contributed by atoms with Crippen molar-refractivity contribution in [2.45, 2.75) is 13.2 Å². The summed E-state index contributed by atoms with van der Waals surface area (Å²) in [6, 6.07) is 7.64. The smallest absolute Gasteiger partial charge is 0.387 e. The number of hydrogen-bond donors (Lipinski definition) is 0. The largest absolute Gasteiger partial charge is 0.493 e. The van der Waals surface area contributed by atoms with Gasteiger partial charge in [0.05, 0.1) is 24.7 Å². The molecule has 0 aliphatic carbocycles.